The van der Waals surface area contributed by atoms with Gasteiger partial charge < -0.3 is 4.90 Å². The summed E-state index contributed by atoms with van der Waals surface area (Å²) in [4.78, 5) is 26.7. The Kier molecular flexibility index (Phi) is 4.81. The van der Waals surface area contributed by atoms with Gasteiger partial charge in [0.05, 0.1) is 25.2 Å². The normalized spacial score (nSPS) is 27.9. The molecule has 1 aromatic carbocycles. The summed E-state index contributed by atoms with van der Waals surface area (Å²) in [5.74, 6) is -2.25. The quantitative estimate of drug-likeness (QED) is 0.805. The van der Waals surface area contributed by atoms with Crippen molar-refractivity contribution in [2.24, 2.45) is 5.92 Å². The van der Waals surface area contributed by atoms with Crippen LogP contribution in [-0.4, -0.2) is 37.1 Å². The van der Waals surface area contributed by atoms with E-state index in [4.69, 9.17) is 11.6 Å². The fourth-order valence-electron chi connectivity index (χ4n) is 3.64. The monoisotopic (exact) mass is 375 g/mol. The third-order valence-corrected chi connectivity index (χ3v) is 5.48. The van der Waals surface area contributed by atoms with Gasteiger partial charge >= 0.3 is 6.18 Å². The summed E-state index contributed by atoms with van der Waals surface area (Å²) in [5, 5.41) is 0.434. The lowest BCUT2D eigenvalue weighted by atomic mass is 9.96. The Morgan fingerprint density at radius 2 is 2.00 bits per heavy atom. The van der Waals surface area contributed by atoms with Crippen molar-refractivity contribution in [2.45, 2.75) is 38.4 Å². The molecule has 3 rings (SSSR count). The first-order valence-electron chi connectivity index (χ1n) is 8.22. The van der Waals surface area contributed by atoms with Gasteiger partial charge in [0.25, 0.3) is 5.91 Å². The van der Waals surface area contributed by atoms with Gasteiger partial charge in [0.2, 0.25) is 5.91 Å². The molecule has 3 atom stereocenters. The van der Waals surface area contributed by atoms with Gasteiger partial charge in [0, 0.05) is 5.02 Å². The number of nitrogens with one attached hydrogen (secondary N) is 1. The molecule has 1 aromatic rings. The molecule has 0 radical (unpaired) electrons. The number of alkyl halides is 3. The molecule has 8 heteroatoms. The molecule has 0 spiro atoms. The van der Waals surface area contributed by atoms with Crippen LogP contribution in [0, 0.1) is 12.8 Å². The molecule has 0 aliphatic carbocycles. The lowest BCUT2D eigenvalue weighted by Crippen LogP contribution is -3.18. The van der Waals surface area contributed by atoms with E-state index in [-0.39, 0.29) is 19.4 Å². The molecule has 4 nitrogen and oxygen atoms in total. The molecule has 2 heterocycles. The molecule has 0 aromatic heterocycles. The third kappa shape index (κ3) is 3.53. The number of piperidine rings is 1. The summed E-state index contributed by atoms with van der Waals surface area (Å²) in [6.07, 6.45) is -3.85. The Bertz CT molecular complexity index is 708. The van der Waals surface area contributed by atoms with Crippen molar-refractivity contribution < 1.29 is 27.7 Å². The zero-order valence-corrected chi connectivity index (χ0v) is 14.5. The fraction of sp³-hybridized carbons (Fsp3) is 0.529. The molecule has 2 aliphatic rings. The molecule has 1 unspecified atom stereocenters. The van der Waals surface area contributed by atoms with Crippen LogP contribution in [0.2, 0.25) is 5.02 Å². The number of amides is 2. The second kappa shape index (κ2) is 6.61. The van der Waals surface area contributed by atoms with E-state index in [1.165, 1.54) is 0 Å². The zero-order valence-electron chi connectivity index (χ0n) is 13.7. The Labute approximate surface area is 148 Å². The predicted octanol–water partition coefficient (Wildman–Crippen LogP) is 2.14. The van der Waals surface area contributed by atoms with E-state index in [2.05, 4.69) is 0 Å². The van der Waals surface area contributed by atoms with Crippen LogP contribution < -0.4 is 9.80 Å². The van der Waals surface area contributed by atoms with E-state index in [0.29, 0.717) is 28.6 Å². The second-order valence-electron chi connectivity index (χ2n) is 6.75. The molecule has 0 saturated carbocycles. The van der Waals surface area contributed by atoms with E-state index in [1.807, 2.05) is 0 Å². The van der Waals surface area contributed by atoms with Crippen molar-refractivity contribution in [3.05, 3.63) is 28.8 Å². The number of hydrogen-bond donors (Lipinski definition) is 1. The number of carbonyl (C=O) groups excluding carboxylic acids is 2. The number of carbonyl (C=O) groups is 2. The minimum atomic E-state index is -4.26. The first-order chi connectivity index (χ1) is 11.7. The smallest absolute Gasteiger partial charge is 0.324 e. The minimum Gasteiger partial charge on any atom is -0.324 e. The van der Waals surface area contributed by atoms with Crippen molar-refractivity contribution in [3.63, 3.8) is 0 Å². The molecule has 0 bridgehead atoms. The summed E-state index contributed by atoms with van der Waals surface area (Å²) in [6.45, 7) is 2.12. The molecule has 136 valence electrons. The number of nitrogens with zero attached hydrogens (tertiary/aromatic N) is 1. The van der Waals surface area contributed by atoms with Gasteiger partial charge in [-0.25, -0.2) is 4.90 Å². The first-order valence-corrected chi connectivity index (χ1v) is 8.60. The number of benzene rings is 1. The number of halogens is 4. The SMILES string of the molecule is Cc1ccc(N2C(=O)C[C@@H]([NH+]3CCC[C@@H](C(F)(F)F)C3)C2=O)cc1Cl. The first kappa shape index (κ1) is 18.2. The van der Waals surface area contributed by atoms with Gasteiger partial charge in [0.1, 0.15) is 5.92 Å². The number of hydrogen-bond acceptors (Lipinski definition) is 2. The second-order valence-corrected chi connectivity index (χ2v) is 7.16. The molecule has 2 fully saturated rings. The molecule has 2 aliphatic heterocycles. The number of likely N-dealkylation sites (tertiary alicyclic amines) is 1. The van der Waals surface area contributed by atoms with E-state index in [0.717, 1.165) is 10.5 Å². The summed E-state index contributed by atoms with van der Waals surface area (Å²) in [5.41, 5.74) is 1.19. The zero-order chi connectivity index (χ0) is 18.4. The topological polar surface area (TPSA) is 41.8 Å². The molecule has 25 heavy (non-hydrogen) atoms. The molecule has 2 saturated heterocycles. The van der Waals surface area contributed by atoms with Crippen LogP contribution in [0.3, 0.4) is 0 Å². The third-order valence-electron chi connectivity index (χ3n) is 5.08. The maximum Gasteiger partial charge on any atom is 0.397 e. The summed E-state index contributed by atoms with van der Waals surface area (Å²) in [7, 11) is 0. The Hall–Kier alpha value is -1.60. The maximum absolute atomic E-state index is 13.0. The summed E-state index contributed by atoms with van der Waals surface area (Å²) < 4.78 is 39.0. The highest BCUT2D eigenvalue weighted by atomic mass is 35.5. The van der Waals surface area contributed by atoms with Crippen molar-refractivity contribution in [3.8, 4) is 0 Å². The highest BCUT2D eigenvalue weighted by Crippen LogP contribution is 2.31. The van der Waals surface area contributed by atoms with Crippen molar-refractivity contribution in [2.75, 3.05) is 18.0 Å². The predicted molar refractivity (Wildman–Crippen MR) is 86.6 cm³/mol. The standard InChI is InChI=1S/C17H18ClF3N2O2/c1-10-4-5-12(7-13(10)18)23-15(24)8-14(16(23)25)22-6-2-3-11(9-22)17(19,20)21/h4-5,7,11,14H,2-3,6,8-9H2,1H3/p+1/t11-,14-/m1/s1. The van der Waals surface area contributed by atoms with Crippen LogP contribution in [0.1, 0.15) is 24.8 Å². The molecular formula is C17H19ClF3N2O2+. The minimum absolute atomic E-state index is 0.0652. The van der Waals surface area contributed by atoms with Crippen molar-refractivity contribution in [1.29, 1.82) is 0 Å². The van der Waals surface area contributed by atoms with Crippen molar-refractivity contribution >= 4 is 29.1 Å². The number of aryl methyl sites for hydroxylation is 1. The fourth-order valence-corrected chi connectivity index (χ4v) is 3.81. The van der Waals surface area contributed by atoms with Crippen LogP contribution in [0.5, 0.6) is 0 Å². The molecule has 1 N–H and O–H groups in total. The van der Waals surface area contributed by atoms with Gasteiger partial charge in [-0.3, -0.25) is 9.59 Å². The van der Waals surface area contributed by atoms with Crippen LogP contribution in [-0.2, 0) is 9.59 Å². The number of anilines is 1. The summed E-state index contributed by atoms with van der Waals surface area (Å²) >= 11 is 6.06. The van der Waals surface area contributed by atoms with Gasteiger partial charge in [-0.05, 0) is 37.5 Å². The van der Waals surface area contributed by atoms with Gasteiger partial charge in [-0.2, -0.15) is 13.2 Å². The lowest BCUT2D eigenvalue weighted by Gasteiger charge is -2.33. The van der Waals surface area contributed by atoms with E-state index in [9.17, 15) is 22.8 Å². The number of rotatable bonds is 2. The molecular weight excluding hydrogens is 357 g/mol. The van der Waals surface area contributed by atoms with Crippen LogP contribution in [0.4, 0.5) is 18.9 Å². The Morgan fingerprint density at radius 1 is 1.28 bits per heavy atom. The van der Waals surface area contributed by atoms with Crippen LogP contribution >= 0.6 is 11.6 Å². The maximum atomic E-state index is 13.0. The Balaban J connectivity index is 1.80. The molecule has 2 amide bonds. The van der Waals surface area contributed by atoms with Crippen LogP contribution in [0.25, 0.3) is 0 Å². The lowest BCUT2D eigenvalue weighted by molar-refractivity contribution is -0.924. The van der Waals surface area contributed by atoms with Crippen molar-refractivity contribution in [1.82, 2.24) is 0 Å². The average molecular weight is 376 g/mol. The average Bonchev–Trinajstić information content (AvgIpc) is 2.84. The van der Waals surface area contributed by atoms with Gasteiger partial charge in [-0.15, -0.1) is 0 Å². The van der Waals surface area contributed by atoms with E-state index >= 15 is 0 Å². The highest BCUT2D eigenvalue weighted by molar-refractivity contribution is 6.32. The van der Waals surface area contributed by atoms with Crippen LogP contribution in [0.15, 0.2) is 18.2 Å². The Morgan fingerprint density at radius 3 is 2.64 bits per heavy atom. The van der Waals surface area contributed by atoms with E-state index < -0.39 is 30.0 Å². The number of quaternary nitrogens is 1. The highest BCUT2D eigenvalue weighted by Gasteiger charge is 2.50. The van der Waals surface area contributed by atoms with Gasteiger partial charge in [0.15, 0.2) is 6.04 Å². The summed E-state index contributed by atoms with van der Waals surface area (Å²) in [6, 6.07) is 4.12. The van der Waals surface area contributed by atoms with Gasteiger partial charge in [-0.1, -0.05) is 17.7 Å². The van der Waals surface area contributed by atoms with E-state index in [1.54, 1.807) is 25.1 Å². The largest absolute Gasteiger partial charge is 0.397 e. The number of imide groups is 1.